The van der Waals surface area contributed by atoms with Gasteiger partial charge in [-0.2, -0.15) is 0 Å². The Hall–Kier alpha value is -0.100. The van der Waals surface area contributed by atoms with E-state index in [-0.39, 0.29) is 11.8 Å². The van der Waals surface area contributed by atoms with Crippen molar-refractivity contribution >= 4 is 33.0 Å². The van der Waals surface area contributed by atoms with Gasteiger partial charge in [0.15, 0.2) is 0 Å². The molecule has 0 aliphatic rings. The van der Waals surface area contributed by atoms with E-state index < -0.39 is 10.0 Å². The largest absolute Gasteiger partial charge is 0.212 e. The maximum Gasteiger partial charge on any atom is 0.211 e. The SMILES string of the molecule is Cc1ccc(CC(C)NS(=O)(=O)CCCCl)s1. The molecule has 0 spiro atoms. The number of sulfonamides is 1. The minimum absolute atomic E-state index is 0.0756. The Morgan fingerprint density at radius 3 is 2.71 bits per heavy atom. The molecule has 6 heteroatoms. The standard InChI is InChI=1S/C11H18ClNO2S2/c1-9(8-11-5-4-10(2)16-11)13-17(14,15)7-3-6-12/h4-5,9,13H,3,6-8H2,1-2H3. The van der Waals surface area contributed by atoms with Crippen LogP contribution in [0.4, 0.5) is 0 Å². The Balaban J connectivity index is 2.46. The highest BCUT2D eigenvalue weighted by molar-refractivity contribution is 7.89. The summed E-state index contributed by atoms with van der Waals surface area (Å²) in [5.41, 5.74) is 0. The summed E-state index contributed by atoms with van der Waals surface area (Å²) in [5, 5.41) is 0. The molecule has 1 aromatic heterocycles. The first-order chi connectivity index (χ1) is 7.93. The molecule has 1 aromatic rings. The molecule has 0 radical (unpaired) electrons. The van der Waals surface area contributed by atoms with Gasteiger partial charge in [-0.3, -0.25) is 0 Å². The average Bonchev–Trinajstić information content (AvgIpc) is 2.60. The third kappa shape index (κ3) is 5.86. The Morgan fingerprint density at radius 1 is 1.47 bits per heavy atom. The number of hydrogen-bond acceptors (Lipinski definition) is 3. The molecule has 0 amide bonds. The van der Waals surface area contributed by atoms with Crippen LogP contribution in [-0.4, -0.2) is 26.1 Å². The molecule has 0 saturated carbocycles. The molecule has 0 aliphatic carbocycles. The Kier molecular flexibility index (Phi) is 5.92. The van der Waals surface area contributed by atoms with Gasteiger partial charge < -0.3 is 0 Å². The summed E-state index contributed by atoms with van der Waals surface area (Å²) >= 11 is 7.19. The van der Waals surface area contributed by atoms with Crippen LogP contribution in [0.1, 0.15) is 23.1 Å². The van der Waals surface area contributed by atoms with E-state index in [9.17, 15) is 8.42 Å². The first-order valence-electron chi connectivity index (χ1n) is 5.54. The summed E-state index contributed by atoms with van der Waals surface area (Å²) in [6, 6.07) is 4.02. The lowest BCUT2D eigenvalue weighted by Crippen LogP contribution is -2.35. The van der Waals surface area contributed by atoms with Crippen LogP contribution >= 0.6 is 22.9 Å². The smallest absolute Gasteiger partial charge is 0.211 e. The summed E-state index contributed by atoms with van der Waals surface area (Å²) < 4.78 is 25.9. The van der Waals surface area contributed by atoms with Crippen LogP contribution in [-0.2, 0) is 16.4 Å². The van der Waals surface area contributed by atoms with Crippen molar-refractivity contribution in [3.05, 3.63) is 21.9 Å². The van der Waals surface area contributed by atoms with E-state index in [2.05, 4.69) is 10.8 Å². The quantitative estimate of drug-likeness (QED) is 0.786. The van der Waals surface area contributed by atoms with E-state index >= 15 is 0 Å². The lowest BCUT2D eigenvalue weighted by molar-refractivity contribution is 0.559. The van der Waals surface area contributed by atoms with Crippen molar-refractivity contribution in [2.75, 3.05) is 11.6 Å². The van der Waals surface area contributed by atoms with Crippen molar-refractivity contribution in [1.29, 1.82) is 0 Å². The normalized spacial score (nSPS) is 13.8. The van der Waals surface area contributed by atoms with Gasteiger partial charge >= 0.3 is 0 Å². The van der Waals surface area contributed by atoms with Gasteiger partial charge in [-0.1, -0.05) is 0 Å². The van der Waals surface area contributed by atoms with Crippen molar-refractivity contribution in [3.63, 3.8) is 0 Å². The van der Waals surface area contributed by atoms with Gasteiger partial charge in [0.25, 0.3) is 0 Å². The summed E-state index contributed by atoms with van der Waals surface area (Å²) in [6.07, 6.45) is 1.22. The zero-order valence-corrected chi connectivity index (χ0v) is 12.5. The first kappa shape index (κ1) is 15.0. The number of alkyl halides is 1. The number of rotatable bonds is 7. The number of halogens is 1. The highest BCUT2D eigenvalue weighted by Crippen LogP contribution is 2.16. The maximum atomic E-state index is 11.6. The fourth-order valence-electron chi connectivity index (χ4n) is 1.55. The summed E-state index contributed by atoms with van der Waals surface area (Å²) in [4.78, 5) is 2.45. The summed E-state index contributed by atoms with van der Waals surface area (Å²) in [7, 11) is -3.19. The van der Waals surface area contributed by atoms with Gasteiger partial charge in [0, 0.05) is 21.7 Å². The third-order valence-electron chi connectivity index (χ3n) is 2.23. The molecule has 1 atom stereocenters. The number of hydrogen-bond donors (Lipinski definition) is 1. The van der Waals surface area contributed by atoms with Crippen LogP contribution in [0.2, 0.25) is 0 Å². The van der Waals surface area contributed by atoms with Gasteiger partial charge in [0.1, 0.15) is 0 Å². The Labute approximate surface area is 112 Å². The van der Waals surface area contributed by atoms with Crippen molar-refractivity contribution in [3.8, 4) is 0 Å². The number of thiophene rings is 1. The van der Waals surface area contributed by atoms with Gasteiger partial charge in [-0.05, 0) is 38.8 Å². The molecular weight excluding hydrogens is 278 g/mol. The molecular formula is C11H18ClNO2S2. The van der Waals surface area contributed by atoms with Crippen LogP contribution in [0.25, 0.3) is 0 Å². The molecule has 1 heterocycles. The number of nitrogens with one attached hydrogen (secondary N) is 1. The topological polar surface area (TPSA) is 46.2 Å². The second-order valence-electron chi connectivity index (χ2n) is 4.10. The van der Waals surface area contributed by atoms with Gasteiger partial charge in [0.2, 0.25) is 10.0 Å². The van der Waals surface area contributed by atoms with E-state index in [1.54, 1.807) is 11.3 Å². The first-order valence-corrected chi connectivity index (χ1v) is 8.54. The monoisotopic (exact) mass is 295 g/mol. The molecule has 0 aliphatic heterocycles. The zero-order valence-electron chi connectivity index (χ0n) is 10.1. The molecule has 0 saturated heterocycles. The van der Waals surface area contributed by atoms with Crippen molar-refractivity contribution < 1.29 is 8.42 Å². The molecule has 0 bridgehead atoms. The van der Waals surface area contributed by atoms with Crippen LogP contribution in [0.15, 0.2) is 12.1 Å². The molecule has 1 N–H and O–H groups in total. The second-order valence-corrected chi connectivity index (χ2v) is 7.72. The predicted octanol–water partition coefficient (Wildman–Crippen LogP) is 2.54. The summed E-state index contributed by atoms with van der Waals surface area (Å²) in [6.45, 7) is 3.93. The molecule has 1 rings (SSSR count). The van der Waals surface area contributed by atoms with Gasteiger partial charge in [-0.25, -0.2) is 13.1 Å². The Bertz CT molecular complexity index is 442. The molecule has 1 unspecified atom stereocenters. The lowest BCUT2D eigenvalue weighted by atomic mass is 10.2. The minimum atomic E-state index is -3.19. The fraction of sp³-hybridized carbons (Fsp3) is 0.636. The maximum absolute atomic E-state index is 11.6. The van der Waals surface area contributed by atoms with E-state index in [1.165, 1.54) is 9.75 Å². The predicted molar refractivity (Wildman–Crippen MR) is 74.5 cm³/mol. The van der Waals surface area contributed by atoms with E-state index in [0.29, 0.717) is 12.3 Å². The summed E-state index contributed by atoms with van der Waals surface area (Å²) in [5.74, 6) is 0.476. The van der Waals surface area contributed by atoms with Crippen molar-refractivity contribution in [2.45, 2.75) is 32.7 Å². The zero-order chi connectivity index (χ0) is 12.9. The minimum Gasteiger partial charge on any atom is -0.212 e. The number of aryl methyl sites for hydroxylation is 1. The second kappa shape index (κ2) is 6.73. The lowest BCUT2D eigenvalue weighted by Gasteiger charge is -2.12. The third-order valence-corrected chi connectivity index (χ3v) is 5.11. The van der Waals surface area contributed by atoms with E-state index in [1.807, 2.05) is 19.9 Å². The van der Waals surface area contributed by atoms with Crippen LogP contribution in [0, 0.1) is 6.92 Å². The highest BCUT2D eigenvalue weighted by Gasteiger charge is 2.14. The average molecular weight is 296 g/mol. The van der Waals surface area contributed by atoms with E-state index in [4.69, 9.17) is 11.6 Å². The van der Waals surface area contributed by atoms with Crippen LogP contribution in [0.5, 0.6) is 0 Å². The Morgan fingerprint density at radius 2 is 2.18 bits per heavy atom. The molecule has 17 heavy (non-hydrogen) atoms. The van der Waals surface area contributed by atoms with E-state index in [0.717, 1.165) is 6.42 Å². The van der Waals surface area contributed by atoms with Crippen molar-refractivity contribution in [1.82, 2.24) is 4.72 Å². The molecule has 98 valence electrons. The fourth-order valence-corrected chi connectivity index (χ4v) is 4.20. The molecule has 0 fully saturated rings. The van der Waals surface area contributed by atoms with Crippen molar-refractivity contribution in [2.24, 2.45) is 0 Å². The van der Waals surface area contributed by atoms with Gasteiger partial charge in [0.05, 0.1) is 5.75 Å². The van der Waals surface area contributed by atoms with Crippen LogP contribution < -0.4 is 4.72 Å². The highest BCUT2D eigenvalue weighted by atomic mass is 35.5. The molecule has 3 nitrogen and oxygen atoms in total. The van der Waals surface area contributed by atoms with Gasteiger partial charge in [-0.15, -0.1) is 22.9 Å². The molecule has 0 aromatic carbocycles. The van der Waals surface area contributed by atoms with Crippen LogP contribution in [0.3, 0.4) is 0 Å².